The lowest BCUT2D eigenvalue weighted by atomic mass is 10.1. The highest BCUT2D eigenvalue weighted by Gasteiger charge is 2.20. The van der Waals surface area contributed by atoms with Gasteiger partial charge in [0, 0.05) is 82.5 Å². The molecule has 0 radical (unpaired) electrons. The molecule has 0 amide bonds. The lowest BCUT2D eigenvalue weighted by molar-refractivity contribution is 0.620. The second-order valence-corrected chi connectivity index (χ2v) is 13.5. The highest BCUT2D eigenvalue weighted by Crippen LogP contribution is 2.44. The third-order valence-electron chi connectivity index (χ3n) is 9.48. The monoisotopic (exact) mass is 648 g/mol. The lowest BCUT2D eigenvalue weighted by Crippen LogP contribution is -2.09. The Kier molecular flexibility index (Phi) is 5.48. The van der Waals surface area contributed by atoms with Gasteiger partial charge in [0.2, 0.25) is 5.89 Å². The number of hydrogen-bond acceptors (Lipinski definition) is 6. The number of oxazole rings is 1. The Labute approximate surface area is 282 Å². The van der Waals surface area contributed by atoms with E-state index in [2.05, 4.69) is 95.9 Å². The fraction of sp³-hybridized carbons (Fsp3) is 0. The largest absolute Gasteiger partial charge is 0.456 e. The van der Waals surface area contributed by atoms with Crippen LogP contribution in [-0.4, -0.2) is 4.98 Å². The molecule has 0 fully saturated rings. The summed E-state index contributed by atoms with van der Waals surface area (Å²) in [5.41, 5.74) is 9.07. The number of nitrogens with zero attached hydrogens (tertiary/aromatic N) is 2. The molecule has 6 heteroatoms. The standard InChI is InChI=1S/C43H24N2O3S/c1-2-8-25(9-3-1)43-44-35-23-34-33-20-26(16-19-41(33)49-42(34)24-40(35)48-43)45(27-14-17-31-29-10-4-6-12-36(29)46-38(31)21-27)28-15-18-32-30-11-5-7-13-37(30)47-39(32)22-28/h1-24H. The molecule has 0 spiro atoms. The molecule has 4 heterocycles. The van der Waals surface area contributed by atoms with E-state index in [1.807, 2.05) is 54.6 Å². The summed E-state index contributed by atoms with van der Waals surface area (Å²) in [7, 11) is 0. The van der Waals surface area contributed by atoms with Crippen LogP contribution in [0.2, 0.25) is 0 Å². The smallest absolute Gasteiger partial charge is 0.227 e. The van der Waals surface area contributed by atoms with Crippen molar-refractivity contribution in [1.82, 2.24) is 4.98 Å². The van der Waals surface area contributed by atoms with Gasteiger partial charge in [-0.1, -0.05) is 54.6 Å². The second kappa shape index (κ2) is 10.1. The van der Waals surface area contributed by atoms with Crippen molar-refractivity contribution >= 4 is 104 Å². The first-order valence-electron chi connectivity index (χ1n) is 16.2. The van der Waals surface area contributed by atoms with Crippen molar-refractivity contribution in [2.45, 2.75) is 0 Å². The zero-order valence-electron chi connectivity index (χ0n) is 25.9. The predicted octanol–water partition coefficient (Wildman–Crippen LogP) is 13.1. The molecule has 11 aromatic rings. The summed E-state index contributed by atoms with van der Waals surface area (Å²) in [5.74, 6) is 0.631. The Hall–Kier alpha value is -6.37. The molecule has 0 atom stereocenters. The van der Waals surface area contributed by atoms with Crippen LogP contribution >= 0.6 is 11.3 Å². The molecule has 0 aliphatic carbocycles. The van der Waals surface area contributed by atoms with Gasteiger partial charge in [-0.25, -0.2) is 4.98 Å². The van der Waals surface area contributed by atoms with Gasteiger partial charge in [-0.05, 0) is 72.8 Å². The van der Waals surface area contributed by atoms with Crippen molar-refractivity contribution in [2.24, 2.45) is 0 Å². The molecule has 0 bridgehead atoms. The normalized spacial score (nSPS) is 12.1. The zero-order chi connectivity index (χ0) is 32.1. The Bertz CT molecular complexity index is 2960. The van der Waals surface area contributed by atoms with E-state index in [4.69, 9.17) is 18.2 Å². The van der Waals surface area contributed by atoms with Gasteiger partial charge in [-0.15, -0.1) is 11.3 Å². The van der Waals surface area contributed by atoms with Gasteiger partial charge in [0.25, 0.3) is 0 Å². The third-order valence-corrected chi connectivity index (χ3v) is 10.6. The number of para-hydroxylation sites is 2. The maximum atomic E-state index is 6.36. The Morgan fingerprint density at radius 3 is 1.67 bits per heavy atom. The third kappa shape index (κ3) is 4.08. The molecular weight excluding hydrogens is 625 g/mol. The van der Waals surface area contributed by atoms with Crippen LogP contribution in [0.3, 0.4) is 0 Å². The van der Waals surface area contributed by atoms with Crippen LogP contribution in [0, 0.1) is 0 Å². The number of anilines is 3. The fourth-order valence-electron chi connectivity index (χ4n) is 7.18. The maximum absolute atomic E-state index is 6.36. The van der Waals surface area contributed by atoms with Gasteiger partial charge in [0.15, 0.2) is 5.58 Å². The van der Waals surface area contributed by atoms with Crippen LogP contribution in [0.15, 0.2) is 159 Å². The molecule has 230 valence electrons. The summed E-state index contributed by atoms with van der Waals surface area (Å²) in [6, 6.07) is 50.3. The fourth-order valence-corrected chi connectivity index (χ4v) is 8.28. The highest BCUT2D eigenvalue weighted by atomic mass is 32.1. The van der Waals surface area contributed by atoms with Crippen molar-refractivity contribution in [3.8, 4) is 11.5 Å². The van der Waals surface area contributed by atoms with E-state index in [-0.39, 0.29) is 0 Å². The molecule has 11 rings (SSSR count). The van der Waals surface area contributed by atoms with E-state index in [0.717, 1.165) is 87.7 Å². The van der Waals surface area contributed by atoms with Crippen molar-refractivity contribution in [3.05, 3.63) is 146 Å². The lowest BCUT2D eigenvalue weighted by Gasteiger charge is -2.25. The minimum Gasteiger partial charge on any atom is -0.456 e. The summed E-state index contributed by atoms with van der Waals surface area (Å²) in [4.78, 5) is 7.15. The number of fused-ring (bicyclic) bond motifs is 10. The maximum Gasteiger partial charge on any atom is 0.227 e. The first-order chi connectivity index (χ1) is 24.2. The zero-order valence-corrected chi connectivity index (χ0v) is 26.7. The molecule has 0 unspecified atom stereocenters. The van der Waals surface area contributed by atoms with E-state index in [1.165, 1.54) is 10.1 Å². The van der Waals surface area contributed by atoms with Gasteiger partial charge in [-0.3, -0.25) is 0 Å². The molecular formula is C43H24N2O3S. The summed E-state index contributed by atoms with van der Waals surface area (Å²) < 4.78 is 21.3. The number of thiophene rings is 1. The minimum atomic E-state index is 0.631. The quantitative estimate of drug-likeness (QED) is 0.190. The van der Waals surface area contributed by atoms with Gasteiger partial charge in [0.1, 0.15) is 27.8 Å². The molecule has 5 nitrogen and oxygen atoms in total. The van der Waals surface area contributed by atoms with E-state index in [1.54, 1.807) is 11.3 Å². The number of benzene rings is 7. The highest BCUT2D eigenvalue weighted by molar-refractivity contribution is 7.25. The molecule has 0 aliphatic heterocycles. The number of hydrogen-bond donors (Lipinski definition) is 0. The van der Waals surface area contributed by atoms with Gasteiger partial charge >= 0.3 is 0 Å². The summed E-state index contributed by atoms with van der Waals surface area (Å²) in [6.07, 6.45) is 0. The minimum absolute atomic E-state index is 0.631. The van der Waals surface area contributed by atoms with Crippen LogP contribution in [0.25, 0.3) is 86.6 Å². The molecule has 7 aromatic carbocycles. The van der Waals surface area contributed by atoms with E-state index in [0.29, 0.717) is 5.89 Å². The average molecular weight is 649 g/mol. The van der Waals surface area contributed by atoms with Gasteiger partial charge in [-0.2, -0.15) is 0 Å². The first-order valence-corrected chi connectivity index (χ1v) is 17.0. The molecule has 0 saturated carbocycles. The van der Waals surface area contributed by atoms with Gasteiger partial charge in [0.05, 0.1) is 0 Å². The Balaban J connectivity index is 1.12. The van der Waals surface area contributed by atoms with Crippen LogP contribution in [-0.2, 0) is 0 Å². The van der Waals surface area contributed by atoms with Crippen LogP contribution in [0.1, 0.15) is 0 Å². The van der Waals surface area contributed by atoms with E-state index in [9.17, 15) is 0 Å². The van der Waals surface area contributed by atoms with Crippen LogP contribution < -0.4 is 4.90 Å². The topological polar surface area (TPSA) is 55.6 Å². The predicted molar refractivity (Wildman–Crippen MR) is 202 cm³/mol. The number of rotatable bonds is 4. The van der Waals surface area contributed by atoms with Crippen molar-refractivity contribution in [3.63, 3.8) is 0 Å². The van der Waals surface area contributed by atoms with E-state index >= 15 is 0 Å². The molecule has 49 heavy (non-hydrogen) atoms. The summed E-state index contributed by atoms with van der Waals surface area (Å²) in [6.45, 7) is 0. The van der Waals surface area contributed by atoms with Gasteiger partial charge < -0.3 is 18.2 Å². The first kappa shape index (κ1) is 26.7. The Morgan fingerprint density at radius 2 is 0.980 bits per heavy atom. The number of aromatic nitrogens is 1. The molecule has 0 N–H and O–H groups in total. The van der Waals surface area contributed by atoms with E-state index < -0.39 is 0 Å². The summed E-state index contributed by atoms with van der Waals surface area (Å²) in [5, 5.41) is 6.74. The Morgan fingerprint density at radius 1 is 0.408 bits per heavy atom. The molecule has 4 aromatic heterocycles. The second-order valence-electron chi connectivity index (χ2n) is 12.4. The molecule has 0 aliphatic rings. The average Bonchev–Trinajstić information content (AvgIpc) is 3.91. The summed E-state index contributed by atoms with van der Waals surface area (Å²) >= 11 is 1.77. The molecule has 0 saturated heterocycles. The van der Waals surface area contributed by atoms with Crippen molar-refractivity contribution < 1.29 is 13.3 Å². The van der Waals surface area contributed by atoms with Crippen LogP contribution in [0.5, 0.6) is 0 Å². The SMILES string of the molecule is c1ccc(-c2nc3cc4c(cc3o2)sc2ccc(N(c3ccc5c(c3)oc3ccccc35)c3ccc5c(c3)oc3ccccc35)cc24)cc1. The number of furan rings is 2. The van der Waals surface area contributed by atoms with Crippen molar-refractivity contribution in [1.29, 1.82) is 0 Å². The van der Waals surface area contributed by atoms with Crippen LogP contribution in [0.4, 0.5) is 17.1 Å². The van der Waals surface area contributed by atoms with Crippen molar-refractivity contribution in [2.75, 3.05) is 4.90 Å².